The van der Waals surface area contributed by atoms with Crippen LogP contribution >= 0.6 is 0 Å². The predicted octanol–water partition coefficient (Wildman–Crippen LogP) is 4.25. The van der Waals surface area contributed by atoms with Gasteiger partial charge in [-0.25, -0.2) is 13.2 Å². The summed E-state index contributed by atoms with van der Waals surface area (Å²) in [6.45, 7) is 0.660. The van der Waals surface area contributed by atoms with Crippen molar-refractivity contribution in [1.82, 2.24) is 0 Å². The van der Waals surface area contributed by atoms with Crippen LogP contribution in [0.2, 0.25) is 0 Å². The van der Waals surface area contributed by atoms with E-state index in [0.717, 1.165) is 0 Å². The van der Waals surface area contributed by atoms with Crippen molar-refractivity contribution in [3.8, 4) is 0 Å². The van der Waals surface area contributed by atoms with Gasteiger partial charge < -0.3 is 0 Å². The van der Waals surface area contributed by atoms with Crippen LogP contribution < -0.4 is 0 Å². The summed E-state index contributed by atoms with van der Waals surface area (Å²) in [4.78, 5) is 0. The third-order valence-electron chi connectivity index (χ3n) is 1.92. The average molecular weight is 262 g/mol. The molecule has 0 bridgehead atoms. The van der Waals surface area contributed by atoms with E-state index in [0.29, 0.717) is 6.92 Å². The molecule has 9 heteroatoms. The molecule has 0 fully saturated rings. The maximum atomic E-state index is 12.8. The van der Waals surface area contributed by atoms with E-state index < -0.39 is 36.8 Å². The summed E-state index contributed by atoms with van der Waals surface area (Å²) in [5.41, 5.74) is -5.89. The second kappa shape index (κ2) is 3.99. The highest BCUT2D eigenvalue weighted by molar-refractivity contribution is 4.97. The summed E-state index contributed by atoms with van der Waals surface area (Å²) in [6.07, 6.45) is -17.1. The lowest BCUT2D eigenvalue weighted by molar-refractivity contribution is -0.354. The number of halogens is 9. The quantitative estimate of drug-likeness (QED) is 0.667. The van der Waals surface area contributed by atoms with E-state index in [1.54, 1.807) is 0 Å². The first-order chi connectivity index (χ1) is 6.77. The van der Waals surface area contributed by atoms with Crippen LogP contribution in [0.15, 0.2) is 0 Å². The lowest BCUT2D eigenvalue weighted by atomic mass is 9.95. The van der Waals surface area contributed by atoms with Crippen LogP contribution in [0.1, 0.15) is 19.8 Å². The van der Waals surface area contributed by atoms with Crippen molar-refractivity contribution in [2.24, 2.45) is 0 Å². The fourth-order valence-corrected chi connectivity index (χ4v) is 0.843. The maximum absolute atomic E-state index is 12.8. The normalized spacial score (nSPS) is 15.4. The van der Waals surface area contributed by atoms with Crippen molar-refractivity contribution in [3.05, 3.63) is 0 Å². The average Bonchev–Trinajstić information content (AvgIpc) is 1.99. The van der Waals surface area contributed by atoms with Crippen molar-refractivity contribution < 1.29 is 39.5 Å². The van der Waals surface area contributed by atoms with Gasteiger partial charge in [-0.1, -0.05) is 6.92 Å². The molecule has 0 aliphatic carbocycles. The summed E-state index contributed by atoms with van der Waals surface area (Å²) < 4.78 is 109. The second-order valence-corrected chi connectivity index (χ2v) is 3.18. The minimum atomic E-state index is -6.43. The molecule has 0 heterocycles. The van der Waals surface area contributed by atoms with Crippen molar-refractivity contribution in [2.75, 3.05) is 0 Å². The topological polar surface area (TPSA) is 0 Å². The zero-order valence-electron chi connectivity index (χ0n) is 7.82. The molecule has 0 spiro atoms. The molecule has 0 N–H and O–H groups in total. The molecule has 0 aromatic carbocycles. The molecule has 0 aromatic rings. The van der Waals surface area contributed by atoms with Gasteiger partial charge in [-0.2, -0.15) is 26.3 Å². The Hall–Kier alpha value is -0.630. The van der Waals surface area contributed by atoms with Crippen molar-refractivity contribution in [1.29, 1.82) is 0 Å². The molecule has 0 unspecified atom stereocenters. The Labute approximate surface area is 84.4 Å². The maximum Gasteiger partial charge on any atom is 0.431 e. The van der Waals surface area contributed by atoms with E-state index in [1.807, 2.05) is 0 Å². The Morgan fingerprint density at radius 3 is 1.19 bits per heavy atom. The lowest BCUT2D eigenvalue weighted by Gasteiger charge is -2.32. The van der Waals surface area contributed by atoms with Gasteiger partial charge in [0.25, 0.3) is 5.92 Å². The van der Waals surface area contributed by atoms with Crippen molar-refractivity contribution in [2.45, 2.75) is 43.7 Å². The molecule has 0 aliphatic heterocycles. The molecule has 0 atom stereocenters. The highest BCUT2D eigenvalue weighted by Gasteiger charge is 2.74. The molecule has 0 radical (unpaired) electrons. The summed E-state index contributed by atoms with van der Waals surface area (Å²) >= 11 is 0. The smallest absolute Gasteiger partial charge is 0.223 e. The van der Waals surface area contributed by atoms with Gasteiger partial charge >= 0.3 is 18.0 Å². The summed E-state index contributed by atoms with van der Waals surface area (Å²) in [5, 5.41) is 0. The zero-order chi connectivity index (χ0) is 13.4. The Bertz CT molecular complexity index is 221. The molecule has 98 valence electrons. The van der Waals surface area contributed by atoms with Crippen LogP contribution in [0.5, 0.6) is 0 Å². The highest BCUT2D eigenvalue weighted by atomic mass is 19.4. The number of alkyl halides is 9. The van der Waals surface area contributed by atoms with Gasteiger partial charge in [0.05, 0.1) is 6.42 Å². The van der Waals surface area contributed by atoms with Crippen LogP contribution in [0.25, 0.3) is 0 Å². The van der Waals surface area contributed by atoms with E-state index in [9.17, 15) is 39.5 Å². The van der Waals surface area contributed by atoms with Crippen LogP contribution in [0, 0.1) is 0 Å². The summed E-state index contributed by atoms with van der Waals surface area (Å²) in [7, 11) is 0. The van der Waals surface area contributed by atoms with Crippen LogP contribution in [-0.4, -0.2) is 23.9 Å². The zero-order valence-corrected chi connectivity index (χ0v) is 7.82. The Morgan fingerprint density at radius 2 is 1.00 bits per heavy atom. The first-order valence-corrected chi connectivity index (χ1v) is 3.97. The number of hydrogen-bond acceptors (Lipinski definition) is 0. The highest BCUT2D eigenvalue weighted by Crippen LogP contribution is 2.51. The molecule has 0 rings (SSSR count). The van der Waals surface area contributed by atoms with Gasteiger partial charge in [-0.3, -0.25) is 0 Å². The minimum Gasteiger partial charge on any atom is -0.223 e. The first-order valence-electron chi connectivity index (χ1n) is 3.97. The van der Waals surface area contributed by atoms with Gasteiger partial charge in [0.15, 0.2) is 0 Å². The van der Waals surface area contributed by atoms with Gasteiger partial charge in [0, 0.05) is 6.42 Å². The SMILES string of the molecule is CCC(F)(F)CC(F)(C(F)(F)F)C(F)(F)F. The van der Waals surface area contributed by atoms with Gasteiger partial charge in [0.1, 0.15) is 0 Å². The molecule has 0 amide bonds. The van der Waals surface area contributed by atoms with E-state index in [4.69, 9.17) is 0 Å². The van der Waals surface area contributed by atoms with E-state index in [1.165, 1.54) is 0 Å². The Morgan fingerprint density at radius 1 is 0.688 bits per heavy atom. The number of rotatable bonds is 3. The molecule has 0 saturated heterocycles. The Kier molecular flexibility index (Phi) is 3.83. The van der Waals surface area contributed by atoms with Crippen LogP contribution in [-0.2, 0) is 0 Å². The molecular formula is C7H7F9. The fourth-order valence-electron chi connectivity index (χ4n) is 0.843. The van der Waals surface area contributed by atoms with Crippen molar-refractivity contribution >= 4 is 0 Å². The standard InChI is InChI=1S/C7H7F9/c1-2-4(8,9)3-5(10,6(11,12)13)7(14,15)16/h2-3H2,1H3. The summed E-state index contributed by atoms with van der Waals surface area (Å²) in [5.74, 6) is -4.38. The first kappa shape index (κ1) is 15.4. The predicted molar refractivity (Wildman–Crippen MR) is 35.8 cm³/mol. The number of hydrogen-bond donors (Lipinski definition) is 0. The molecular weight excluding hydrogens is 255 g/mol. The lowest BCUT2D eigenvalue weighted by Crippen LogP contribution is -2.55. The minimum absolute atomic E-state index is 0.660. The second-order valence-electron chi connectivity index (χ2n) is 3.18. The largest absolute Gasteiger partial charge is 0.431 e. The van der Waals surface area contributed by atoms with Gasteiger partial charge in [-0.05, 0) is 0 Å². The van der Waals surface area contributed by atoms with Crippen LogP contribution in [0.3, 0.4) is 0 Å². The van der Waals surface area contributed by atoms with Crippen molar-refractivity contribution in [3.63, 3.8) is 0 Å². The molecule has 16 heavy (non-hydrogen) atoms. The van der Waals surface area contributed by atoms with E-state index in [2.05, 4.69) is 0 Å². The molecule has 0 aliphatic rings. The summed E-state index contributed by atoms with van der Waals surface area (Å²) in [6, 6.07) is 0. The molecule has 0 saturated carbocycles. The van der Waals surface area contributed by atoms with Gasteiger partial charge in [0.2, 0.25) is 0 Å². The monoisotopic (exact) mass is 262 g/mol. The third kappa shape index (κ3) is 2.94. The molecule has 0 aromatic heterocycles. The van der Waals surface area contributed by atoms with Gasteiger partial charge in [-0.15, -0.1) is 0 Å². The molecule has 0 nitrogen and oxygen atoms in total. The van der Waals surface area contributed by atoms with E-state index >= 15 is 0 Å². The third-order valence-corrected chi connectivity index (χ3v) is 1.92. The Balaban J connectivity index is 5.30. The van der Waals surface area contributed by atoms with Crippen LogP contribution in [0.4, 0.5) is 39.5 Å². The fraction of sp³-hybridized carbons (Fsp3) is 1.00. The van der Waals surface area contributed by atoms with E-state index in [-0.39, 0.29) is 0 Å².